The Morgan fingerprint density at radius 2 is 1.59 bits per heavy atom. The van der Waals surface area contributed by atoms with Crippen LogP contribution in [0.1, 0.15) is 72.5 Å². The van der Waals surface area contributed by atoms with Crippen LogP contribution >= 0.6 is 0 Å². The lowest BCUT2D eigenvalue weighted by Crippen LogP contribution is -2.43. The summed E-state index contributed by atoms with van der Waals surface area (Å²) in [6.07, 6.45) is 4.71. The summed E-state index contributed by atoms with van der Waals surface area (Å²) in [4.78, 5) is 25.9. The topological polar surface area (TPSA) is 112 Å². The van der Waals surface area contributed by atoms with E-state index in [-0.39, 0.29) is 17.2 Å². The fourth-order valence-corrected chi connectivity index (χ4v) is 4.50. The Bertz CT molecular complexity index is 1490. The van der Waals surface area contributed by atoms with Gasteiger partial charge >= 0.3 is 6.09 Å². The Morgan fingerprint density at radius 3 is 2.17 bits per heavy atom. The van der Waals surface area contributed by atoms with E-state index in [0.29, 0.717) is 11.4 Å². The highest BCUT2D eigenvalue weighted by atomic mass is 16.6. The second kappa shape index (κ2) is 11.3. The van der Waals surface area contributed by atoms with Crippen LogP contribution in [0.4, 0.5) is 4.79 Å². The molecule has 0 saturated carbocycles. The van der Waals surface area contributed by atoms with Crippen molar-refractivity contribution < 1.29 is 18.8 Å². The minimum atomic E-state index is -1.11. The summed E-state index contributed by atoms with van der Waals surface area (Å²) in [6, 6.07) is 14.4. The van der Waals surface area contributed by atoms with Gasteiger partial charge in [-0.05, 0) is 76.8 Å². The quantitative estimate of drug-likeness (QED) is 0.248. The minimum Gasteiger partial charge on any atom is -0.495 e. The molecule has 41 heavy (non-hydrogen) atoms. The maximum absolute atomic E-state index is 12.3. The monoisotopic (exact) mass is 557 g/mol. The molecule has 4 aromatic rings. The molecular weight excluding hydrogens is 518 g/mol. The summed E-state index contributed by atoms with van der Waals surface area (Å²) in [5, 5.41) is 6.89. The third kappa shape index (κ3) is 6.56. The maximum Gasteiger partial charge on any atom is 0.408 e. The lowest BCUT2D eigenvalue weighted by atomic mass is 9.70. The third-order valence-corrected chi connectivity index (χ3v) is 7.24. The Hall–Kier alpha value is -4.27. The molecule has 1 N–H and O–H groups in total. The smallest absolute Gasteiger partial charge is 0.408 e. The Labute approximate surface area is 241 Å². The predicted octanol–water partition coefficient (Wildman–Crippen LogP) is 6.92. The van der Waals surface area contributed by atoms with E-state index < -0.39 is 17.2 Å². The maximum atomic E-state index is 12.3. The molecule has 1 atom stereocenters. The van der Waals surface area contributed by atoms with Crippen molar-refractivity contribution in [1.82, 2.24) is 25.4 Å². The normalized spacial score (nSPS) is 13.5. The standard InChI is InChI=1S/C32H39N5O4/c1-20(2)32(8,24-13-10-21(11-14-24)23-16-25(39-9)19-33-17-23)26-15-12-22(18-34-26)27-35-28(41-37-27)31(6,7)40-29(38)36-30(3,4)5/h10-20H,1-9H3,(H,36,38). The summed E-state index contributed by atoms with van der Waals surface area (Å²) in [5.41, 5.74) is 2.95. The molecule has 4 rings (SSSR count). The van der Waals surface area contributed by atoms with Crippen molar-refractivity contribution in [2.75, 3.05) is 7.11 Å². The van der Waals surface area contributed by atoms with Gasteiger partial charge in [0.15, 0.2) is 5.60 Å². The van der Waals surface area contributed by atoms with E-state index in [9.17, 15) is 4.79 Å². The predicted molar refractivity (Wildman–Crippen MR) is 157 cm³/mol. The number of benzene rings is 1. The largest absolute Gasteiger partial charge is 0.495 e. The second-order valence-corrected chi connectivity index (χ2v) is 12.2. The summed E-state index contributed by atoms with van der Waals surface area (Å²) in [6.45, 7) is 15.6. The molecule has 0 radical (unpaired) electrons. The number of pyridine rings is 2. The fourth-order valence-electron chi connectivity index (χ4n) is 4.50. The van der Waals surface area contributed by atoms with Gasteiger partial charge in [0.2, 0.25) is 5.82 Å². The molecule has 3 heterocycles. The van der Waals surface area contributed by atoms with Crippen molar-refractivity contribution in [1.29, 1.82) is 0 Å². The van der Waals surface area contributed by atoms with Crippen molar-refractivity contribution in [3.05, 3.63) is 78.2 Å². The van der Waals surface area contributed by atoms with Crippen LogP contribution in [0, 0.1) is 5.92 Å². The van der Waals surface area contributed by atoms with E-state index in [1.807, 2.05) is 45.2 Å². The van der Waals surface area contributed by atoms with Crippen molar-refractivity contribution in [3.63, 3.8) is 0 Å². The molecule has 0 aliphatic heterocycles. The molecule has 0 bridgehead atoms. The van der Waals surface area contributed by atoms with E-state index >= 15 is 0 Å². The van der Waals surface area contributed by atoms with E-state index in [0.717, 1.165) is 28.1 Å². The van der Waals surface area contributed by atoms with Gasteiger partial charge in [-0.1, -0.05) is 43.3 Å². The molecular formula is C32H39N5O4. The molecule has 0 spiro atoms. The molecule has 1 aromatic carbocycles. The van der Waals surface area contributed by atoms with Gasteiger partial charge < -0.3 is 19.3 Å². The van der Waals surface area contributed by atoms with Gasteiger partial charge in [0, 0.05) is 34.5 Å². The number of amides is 1. The van der Waals surface area contributed by atoms with Crippen LogP contribution in [0.15, 0.2) is 65.6 Å². The Balaban J connectivity index is 1.56. The van der Waals surface area contributed by atoms with Crippen molar-refractivity contribution >= 4 is 6.09 Å². The molecule has 1 amide bonds. The first-order valence-electron chi connectivity index (χ1n) is 13.6. The Kier molecular flexibility index (Phi) is 8.19. The van der Waals surface area contributed by atoms with E-state index in [2.05, 4.69) is 65.5 Å². The van der Waals surface area contributed by atoms with E-state index in [1.165, 1.54) is 0 Å². The first-order valence-corrected chi connectivity index (χ1v) is 13.6. The molecule has 216 valence electrons. The van der Waals surface area contributed by atoms with Crippen LogP contribution < -0.4 is 10.1 Å². The van der Waals surface area contributed by atoms with E-state index in [1.54, 1.807) is 33.4 Å². The molecule has 9 heteroatoms. The lowest BCUT2D eigenvalue weighted by molar-refractivity contribution is 0.00886. The van der Waals surface area contributed by atoms with Gasteiger partial charge in [0.1, 0.15) is 5.75 Å². The number of methoxy groups -OCH3 is 1. The summed E-state index contributed by atoms with van der Waals surface area (Å²) < 4.78 is 16.4. The first kappa shape index (κ1) is 29.7. The summed E-state index contributed by atoms with van der Waals surface area (Å²) in [5.74, 6) is 1.55. The average Bonchev–Trinajstić information content (AvgIpc) is 3.43. The van der Waals surface area contributed by atoms with Gasteiger partial charge in [-0.3, -0.25) is 9.97 Å². The molecule has 0 aliphatic rings. The number of rotatable bonds is 8. The van der Waals surface area contributed by atoms with Gasteiger partial charge in [0.25, 0.3) is 5.89 Å². The SMILES string of the molecule is COc1cncc(-c2ccc(C(C)(c3ccc(-c4noc(C(C)(C)OC(=O)NC(C)(C)C)n4)cn3)C(C)C)cc2)c1. The highest BCUT2D eigenvalue weighted by molar-refractivity contribution is 5.68. The van der Waals surface area contributed by atoms with Crippen molar-refractivity contribution in [2.45, 2.75) is 71.9 Å². The van der Waals surface area contributed by atoms with Crippen molar-refractivity contribution in [2.24, 2.45) is 5.92 Å². The number of hydrogen-bond acceptors (Lipinski definition) is 8. The summed E-state index contributed by atoms with van der Waals surface area (Å²) >= 11 is 0. The van der Waals surface area contributed by atoms with Crippen LogP contribution in [0.2, 0.25) is 0 Å². The molecule has 0 fully saturated rings. The zero-order valence-corrected chi connectivity index (χ0v) is 25.3. The van der Waals surface area contributed by atoms with Crippen LogP contribution in [0.3, 0.4) is 0 Å². The lowest BCUT2D eigenvalue weighted by Gasteiger charge is -2.34. The zero-order chi connectivity index (χ0) is 30.0. The number of carbonyl (C=O) groups excluding carboxylic acids is 1. The first-order chi connectivity index (χ1) is 19.2. The van der Waals surface area contributed by atoms with Gasteiger partial charge in [-0.2, -0.15) is 4.98 Å². The molecule has 0 aliphatic carbocycles. The zero-order valence-electron chi connectivity index (χ0n) is 25.3. The molecule has 0 saturated heterocycles. The van der Waals surface area contributed by atoms with Gasteiger partial charge in [-0.15, -0.1) is 0 Å². The Morgan fingerprint density at radius 1 is 0.902 bits per heavy atom. The van der Waals surface area contributed by atoms with Gasteiger partial charge in [-0.25, -0.2) is 4.79 Å². The number of carbonyl (C=O) groups is 1. The van der Waals surface area contributed by atoms with Crippen molar-refractivity contribution in [3.8, 4) is 28.3 Å². The number of nitrogens with zero attached hydrogens (tertiary/aromatic N) is 4. The number of aromatic nitrogens is 4. The number of nitrogens with one attached hydrogen (secondary N) is 1. The molecule has 9 nitrogen and oxygen atoms in total. The fraction of sp³-hybridized carbons (Fsp3) is 0.406. The highest BCUT2D eigenvalue weighted by Gasteiger charge is 2.35. The highest BCUT2D eigenvalue weighted by Crippen LogP contribution is 2.39. The number of ether oxygens (including phenoxy) is 2. The minimum absolute atomic E-state index is 0.194. The van der Waals surface area contributed by atoms with E-state index in [4.69, 9.17) is 19.0 Å². The summed E-state index contributed by atoms with van der Waals surface area (Å²) in [7, 11) is 1.64. The number of hydrogen-bond donors (Lipinski definition) is 1. The third-order valence-electron chi connectivity index (χ3n) is 7.24. The number of alkyl carbamates (subject to hydrolysis) is 1. The molecule has 1 unspecified atom stereocenters. The second-order valence-electron chi connectivity index (χ2n) is 12.2. The molecule has 3 aromatic heterocycles. The van der Waals surface area contributed by atoms with Crippen LogP contribution in [0.25, 0.3) is 22.5 Å². The van der Waals surface area contributed by atoms with Crippen LogP contribution in [-0.4, -0.2) is 38.9 Å². The van der Waals surface area contributed by atoms with Crippen LogP contribution in [-0.2, 0) is 15.8 Å². The van der Waals surface area contributed by atoms with Crippen LogP contribution in [0.5, 0.6) is 5.75 Å². The van der Waals surface area contributed by atoms with Gasteiger partial charge in [0.05, 0.1) is 19.0 Å². The average molecular weight is 558 g/mol.